The van der Waals surface area contributed by atoms with Gasteiger partial charge in [-0.15, -0.1) is 0 Å². The molecule has 0 bridgehead atoms. The molecule has 1 unspecified atom stereocenters. The van der Waals surface area contributed by atoms with E-state index in [1.54, 1.807) is 0 Å². The van der Waals surface area contributed by atoms with E-state index in [9.17, 15) is 0 Å². The van der Waals surface area contributed by atoms with Gasteiger partial charge < -0.3 is 10.6 Å². The third-order valence-corrected chi connectivity index (χ3v) is 4.20. The van der Waals surface area contributed by atoms with Gasteiger partial charge in [-0.25, -0.2) is 4.68 Å². The Hall–Kier alpha value is -0.300. The molecule has 0 amide bonds. The maximum atomic E-state index is 6.03. The lowest BCUT2D eigenvalue weighted by Crippen LogP contribution is -2.24. The first-order chi connectivity index (χ1) is 7.72. The molecule has 2 rings (SSSR count). The van der Waals surface area contributed by atoms with Gasteiger partial charge in [-0.05, 0) is 54.9 Å². The van der Waals surface area contributed by atoms with E-state index in [4.69, 9.17) is 5.73 Å². The molecule has 0 aromatic carbocycles. The van der Waals surface area contributed by atoms with E-state index in [0.717, 1.165) is 28.9 Å². The van der Waals surface area contributed by atoms with E-state index in [0.29, 0.717) is 6.04 Å². The SMILES string of the molecule is CCN1CCCC(n2ncc(I)c2N)CC1. The van der Waals surface area contributed by atoms with E-state index < -0.39 is 0 Å². The van der Waals surface area contributed by atoms with Gasteiger partial charge in [0.2, 0.25) is 0 Å². The summed E-state index contributed by atoms with van der Waals surface area (Å²) < 4.78 is 3.08. The summed E-state index contributed by atoms with van der Waals surface area (Å²) in [5.74, 6) is 0.829. The smallest absolute Gasteiger partial charge is 0.135 e. The van der Waals surface area contributed by atoms with Crippen LogP contribution in [0.25, 0.3) is 0 Å². The van der Waals surface area contributed by atoms with Crippen LogP contribution in [0.5, 0.6) is 0 Å². The van der Waals surface area contributed by atoms with Crippen LogP contribution >= 0.6 is 22.6 Å². The number of aromatic nitrogens is 2. The highest BCUT2D eigenvalue weighted by molar-refractivity contribution is 14.1. The number of nitrogen functional groups attached to an aromatic ring is 1. The van der Waals surface area contributed by atoms with E-state index in [1.807, 2.05) is 10.9 Å². The highest BCUT2D eigenvalue weighted by Crippen LogP contribution is 2.26. The molecule has 2 heterocycles. The second-order valence-corrected chi connectivity index (χ2v) is 5.50. The van der Waals surface area contributed by atoms with Gasteiger partial charge in [0.25, 0.3) is 0 Å². The van der Waals surface area contributed by atoms with Crippen LogP contribution < -0.4 is 5.73 Å². The summed E-state index contributed by atoms with van der Waals surface area (Å²) in [5, 5.41) is 4.40. The fraction of sp³-hybridized carbons (Fsp3) is 0.727. The predicted molar refractivity (Wildman–Crippen MR) is 74.4 cm³/mol. The third-order valence-electron chi connectivity index (χ3n) is 3.37. The van der Waals surface area contributed by atoms with Crippen molar-refractivity contribution in [3.63, 3.8) is 0 Å². The molecule has 0 saturated carbocycles. The molecule has 5 heteroatoms. The van der Waals surface area contributed by atoms with E-state index in [-0.39, 0.29) is 0 Å². The molecule has 16 heavy (non-hydrogen) atoms. The molecule has 1 aromatic heterocycles. The van der Waals surface area contributed by atoms with Crippen molar-refractivity contribution >= 4 is 28.4 Å². The summed E-state index contributed by atoms with van der Waals surface area (Å²) in [5.41, 5.74) is 6.03. The number of nitrogens with two attached hydrogens (primary N) is 1. The van der Waals surface area contributed by atoms with Gasteiger partial charge in [0.15, 0.2) is 0 Å². The highest BCUT2D eigenvalue weighted by Gasteiger charge is 2.20. The van der Waals surface area contributed by atoms with Crippen molar-refractivity contribution in [2.24, 2.45) is 0 Å². The molecule has 2 N–H and O–H groups in total. The number of anilines is 1. The van der Waals surface area contributed by atoms with Crippen molar-refractivity contribution in [3.8, 4) is 0 Å². The molecule has 4 nitrogen and oxygen atoms in total. The van der Waals surface area contributed by atoms with Crippen LogP contribution in [0.15, 0.2) is 6.20 Å². The normalized spacial score (nSPS) is 23.2. The molecule has 90 valence electrons. The molecular formula is C11H19IN4. The molecular weight excluding hydrogens is 315 g/mol. The maximum Gasteiger partial charge on any atom is 0.135 e. The van der Waals surface area contributed by atoms with Crippen molar-refractivity contribution in [2.45, 2.75) is 32.2 Å². The molecule has 0 spiro atoms. The third kappa shape index (κ3) is 2.51. The first-order valence-corrected chi connectivity index (χ1v) is 7.01. The largest absolute Gasteiger partial charge is 0.383 e. The van der Waals surface area contributed by atoms with Crippen LogP contribution in [0.4, 0.5) is 5.82 Å². The second-order valence-electron chi connectivity index (χ2n) is 4.34. The highest BCUT2D eigenvalue weighted by atomic mass is 127. The maximum absolute atomic E-state index is 6.03. The van der Waals surface area contributed by atoms with Gasteiger partial charge in [-0.3, -0.25) is 0 Å². The monoisotopic (exact) mass is 334 g/mol. The van der Waals surface area contributed by atoms with Gasteiger partial charge >= 0.3 is 0 Å². The summed E-state index contributed by atoms with van der Waals surface area (Å²) in [6.07, 6.45) is 5.46. The van der Waals surface area contributed by atoms with Crippen molar-refractivity contribution in [1.82, 2.24) is 14.7 Å². The predicted octanol–water partition coefficient (Wildman–Crippen LogP) is 2.12. The van der Waals surface area contributed by atoms with E-state index >= 15 is 0 Å². The summed E-state index contributed by atoms with van der Waals surface area (Å²) in [6, 6.07) is 0.486. The zero-order chi connectivity index (χ0) is 11.5. The zero-order valence-corrected chi connectivity index (χ0v) is 11.9. The summed E-state index contributed by atoms with van der Waals surface area (Å²) in [7, 11) is 0. The zero-order valence-electron chi connectivity index (χ0n) is 9.69. The van der Waals surface area contributed by atoms with Gasteiger partial charge in [-0.2, -0.15) is 5.10 Å². The van der Waals surface area contributed by atoms with Gasteiger partial charge in [0, 0.05) is 6.54 Å². The molecule has 1 aliphatic heterocycles. The number of halogens is 1. The fourth-order valence-corrected chi connectivity index (χ4v) is 2.71. The Kier molecular flexibility index (Phi) is 4.07. The Labute approximate surface area is 110 Å². The van der Waals surface area contributed by atoms with Crippen LogP contribution in [-0.4, -0.2) is 34.3 Å². The lowest BCUT2D eigenvalue weighted by molar-refractivity contribution is 0.294. The van der Waals surface area contributed by atoms with Gasteiger partial charge in [-0.1, -0.05) is 6.92 Å². The van der Waals surface area contributed by atoms with Crippen molar-refractivity contribution in [2.75, 3.05) is 25.4 Å². The number of likely N-dealkylation sites (tertiary alicyclic amines) is 1. The van der Waals surface area contributed by atoms with E-state index in [2.05, 4.69) is 39.5 Å². The summed E-state index contributed by atoms with van der Waals surface area (Å²) in [6.45, 7) is 5.76. The molecule has 1 saturated heterocycles. The van der Waals surface area contributed by atoms with Crippen LogP contribution in [0.3, 0.4) is 0 Å². The topological polar surface area (TPSA) is 47.1 Å². The summed E-state index contributed by atoms with van der Waals surface area (Å²) in [4.78, 5) is 2.50. The Bertz CT molecular complexity index is 350. The standard InChI is InChI=1S/C11H19IN4/c1-2-15-6-3-4-9(5-7-15)16-11(13)10(12)8-14-16/h8-9H,2-7,13H2,1H3. The number of hydrogen-bond donors (Lipinski definition) is 1. The molecule has 1 aliphatic rings. The van der Waals surface area contributed by atoms with Gasteiger partial charge in [0.1, 0.15) is 5.82 Å². The van der Waals surface area contributed by atoms with Gasteiger partial charge in [0.05, 0.1) is 15.8 Å². The van der Waals surface area contributed by atoms with Crippen LogP contribution in [0.1, 0.15) is 32.2 Å². The van der Waals surface area contributed by atoms with Crippen molar-refractivity contribution in [1.29, 1.82) is 0 Å². The van der Waals surface area contributed by atoms with E-state index in [1.165, 1.54) is 19.4 Å². The molecule has 1 fully saturated rings. The first-order valence-electron chi connectivity index (χ1n) is 5.93. The second kappa shape index (κ2) is 5.35. The lowest BCUT2D eigenvalue weighted by atomic mass is 10.1. The molecule has 0 radical (unpaired) electrons. The Morgan fingerprint density at radius 1 is 1.50 bits per heavy atom. The quantitative estimate of drug-likeness (QED) is 0.843. The minimum atomic E-state index is 0.486. The van der Waals surface area contributed by atoms with Crippen LogP contribution in [0, 0.1) is 3.57 Å². The average molecular weight is 334 g/mol. The minimum absolute atomic E-state index is 0.486. The first kappa shape index (κ1) is 12.2. The van der Waals surface area contributed by atoms with Crippen LogP contribution in [-0.2, 0) is 0 Å². The Morgan fingerprint density at radius 3 is 2.94 bits per heavy atom. The van der Waals surface area contributed by atoms with Crippen molar-refractivity contribution in [3.05, 3.63) is 9.77 Å². The molecule has 1 atom stereocenters. The number of rotatable bonds is 2. The Balaban J connectivity index is 2.07. The number of hydrogen-bond acceptors (Lipinski definition) is 3. The molecule has 0 aliphatic carbocycles. The Morgan fingerprint density at radius 2 is 2.31 bits per heavy atom. The summed E-state index contributed by atoms with van der Waals surface area (Å²) >= 11 is 2.24. The lowest BCUT2D eigenvalue weighted by Gasteiger charge is -2.18. The number of nitrogens with zero attached hydrogens (tertiary/aromatic N) is 3. The average Bonchev–Trinajstić information content (AvgIpc) is 2.55. The fourth-order valence-electron chi connectivity index (χ4n) is 2.34. The molecule has 1 aromatic rings. The van der Waals surface area contributed by atoms with Crippen LogP contribution in [0.2, 0.25) is 0 Å². The van der Waals surface area contributed by atoms with Crippen molar-refractivity contribution < 1.29 is 0 Å². The minimum Gasteiger partial charge on any atom is -0.383 e.